The van der Waals surface area contributed by atoms with E-state index in [9.17, 15) is 13.2 Å². The largest absolute Gasteiger partial charge is 0.418 e. The van der Waals surface area contributed by atoms with Crippen LogP contribution in [0.2, 0.25) is 0 Å². The number of hydrogen-bond donors (Lipinski definition) is 3. The number of nitrogen functional groups attached to an aromatic ring is 1. The quantitative estimate of drug-likeness (QED) is 0.751. The monoisotopic (exact) mass is 270 g/mol. The van der Waals surface area contributed by atoms with Gasteiger partial charge in [0.05, 0.1) is 11.8 Å². The molecule has 0 aliphatic rings. The summed E-state index contributed by atoms with van der Waals surface area (Å²) < 4.78 is 38.6. The predicted molar refractivity (Wildman–Crippen MR) is 66.5 cm³/mol. The number of anilines is 2. The summed E-state index contributed by atoms with van der Waals surface area (Å²) >= 11 is 0. The van der Waals surface area contributed by atoms with Crippen LogP contribution >= 0.6 is 0 Å². The summed E-state index contributed by atoms with van der Waals surface area (Å²) in [6.45, 7) is 2.06. The van der Waals surface area contributed by atoms with E-state index in [1.165, 1.54) is 12.1 Å². The van der Waals surface area contributed by atoms with Crippen molar-refractivity contribution in [2.75, 3.05) is 11.1 Å². The average Bonchev–Trinajstić information content (AvgIpc) is 2.72. The number of benzene rings is 1. The summed E-state index contributed by atoms with van der Waals surface area (Å²) in [6, 6.07) is 3.68. The van der Waals surface area contributed by atoms with Gasteiger partial charge < -0.3 is 11.1 Å². The lowest BCUT2D eigenvalue weighted by Crippen LogP contribution is -2.11. The van der Waals surface area contributed by atoms with Gasteiger partial charge in [0.25, 0.3) is 0 Å². The molecule has 1 aromatic heterocycles. The zero-order valence-corrected chi connectivity index (χ0v) is 10.2. The zero-order valence-electron chi connectivity index (χ0n) is 10.2. The Kier molecular flexibility index (Phi) is 3.37. The minimum absolute atomic E-state index is 0.00213. The fourth-order valence-corrected chi connectivity index (χ4v) is 1.69. The van der Waals surface area contributed by atoms with Gasteiger partial charge in [0.2, 0.25) is 0 Å². The van der Waals surface area contributed by atoms with Crippen molar-refractivity contribution in [3.63, 3.8) is 0 Å². The van der Waals surface area contributed by atoms with E-state index in [1.54, 1.807) is 13.1 Å². The maximum atomic E-state index is 12.9. The van der Waals surface area contributed by atoms with Crippen LogP contribution in [0.25, 0.3) is 0 Å². The Morgan fingerprint density at radius 3 is 2.68 bits per heavy atom. The molecule has 0 unspecified atom stereocenters. The van der Waals surface area contributed by atoms with Crippen molar-refractivity contribution < 1.29 is 13.2 Å². The molecule has 4 N–H and O–H groups in total. The molecule has 4 nitrogen and oxygen atoms in total. The van der Waals surface area contributed by atoms with Crippen LogP contribution in [-0.2, 0) is 12.7 Å². The summed E-state index contributed by atoms with van der Waals surface area (Å²) in [4.78, 5) is 0. The minimum atomic E-state index is -4.44. The first kappa shape index (κ1) is 13.3. The summed E-state index contributed by atoms with van der Waals surface area (Å²) in [5, 5.41) is 9.29. The van der Waals surface area contributed by atoms with Crippen LogP contribution in [0.4, 0.5) is 24.5 Å². The highest BCUT2D eigenvalue weighted by Gasteiger charge is 2.33. The highest BCUT2D eigenvalue weighted by atomic mass is 19.4. The Morgan fingerprint density at radius 2 is 2.11 bits per heavy atom. The number of alkyl halides is 3. The maximum Gasteiger partial charge on any atom is 0.418 e. The number of aromatic amines is 1. The molecule has 0 aliphatic heterocycles. The number of nitrogens with one attached hydrogen (secondary N) is 2. The van der Waals surface area contributed by atoms with Crippen molar-refractivity contribution in [3.8, 4) is 0 Å². The van der Waals surface area contributed by atoms with E-state index in [4.69, 9.17) is 5.73 Å². The standard InChI is InChI=1S/C12H13F3N4/c1-7-8(6-18-19-7)5-17-11-3-2-9(16)4-10(11)12(13,14)15/h2-4,6,17H,5,16H2,1H3,(H,18,19). The second-order valence-electron chi connectivity index (χ2n) is 4.18. The van der Waals surface area contributed by atoms with Gasteiger partial charge in [-0.1, -0.05) is 0 Å². The van der Waals surface area contributed by atoms with Crippen molar-refractivity contribution in [2.24, 2.45) is 0 Å². The van der Waals surface area contributed by atoms with Gasteiger partial charge in [-0.2, -0.15) is 18.3 Å². The van der Waals surface area contributed by atoms with E-state index in [0.29, 0.717) is 0 Å². The Labute approximate surface area is 107 Å². The molecule has 0 amide bonds. The molecular formula is C12H13F3N4. The van der Waals surface area contributed by atoms with E-state index in [-0.39, 0.29) is 17.9 Å². The van der Waals surface area contributed by atoms with Crippen molar-refractivity contribution in [1.29, 1.82) is 0 Å². The molecule has 102 valence electrons. The highest BCUT2D eigenvalue weighted by Crippen LogP contribution is 2.36. The molecule has 1 heterocycles. The van der Waals surface area contributed by atoms with Gasteiger partial charge in [-0.25, -0.2) is 0 Å². The molecule has 2 aromatic rings. The van der Waals surface area contributed by atoms with Crippen molar-refractivity contribution in [3.05, 3.63) is 41.2 Å². The first-order valence-electron chi connectivity index (χ1n) is 5.57. The van der Waals surface area contributed by atoms with Gasteiger partial charge >= 0.3 is 6.18 Å². The fraction of sp³-hybridized carbons (Fsp3) is 0.250. The van der Waals surface area contributed by atoms with E-state index in [0.717, 1.165) is 17.3 Å². The van der Waals surface area contributed by atoms with Gasteiger partial charge in [-0.15, -0.1) is 0 Å². The third-order valence-corrected chi connectivity index (χ3v) is 2.75. The molecule has 1 aromatic carbocycles. The van der Waals surface area contributed by atoms with Gasteiger partial charge in [-0.05, 0) is 25.1 Å². The summed E-state index contributed by atoms with van der Waals surface area (Å²) in [7, 11) is 0. The van der Waals surface area contributed by atoms with Crippen LogP contribution < -0.4 is 11.1 Å². The van der Waals surface area contributed by atoms with Crippen LogP contribution in [0.5, 0.6) is 0 Å². The number of aromatic nitrogens is 2. The average molecular weight is 270 g/mol. The lowest BCUT2D eigenvalue weighted by Gasteiger charge is -2.15. The van der Waals surface area contributed by atoms with Crippen LogP contribution in [0.15, 0.2) is 24.4 Å². The SMILES string of the molecule is Cc1[nH]ncc1CNc1ccc(N)cc1C(F)(F)F. The minimum Gasteiger partial charge on any atom is -0.399 e. The van der Waals surface area contributed by atoms with Gasteiger partial charge in [0.15, 0.2) is 0 Å². The summed E-state index contributed by atoms with van der Waals surface area (Å²) in [5.74, 6) is 0. The van der Waals surface area contributed by atoms with Crippen molar-refractivity contribution >= 4 is 11.4 Å². The molecule has 2 rings (SSSR count). The molecular weight excluding hydrogens is 257 g/mol. The third kappa shape index (κ3) is 2.98. The topological polar surface area (TPSA) is 66.7 Å². The Hall–Kier alpha value is -2.18. The number of rotatable bonds is 3. The lowest BCUT2D eigenvalue weighted by atomic mass is 10.1. The third-order valence-electron chi connectivity index (χ3n) is 2.75. The van der Waals surface area contributed by atoms with E-state index < -0.39 is 11.7 Å². The number of nitrogens with zero attached hydrogens (tertiary/aromatic N) is 1. The van der Waals surface area contributed by atoms with Crippen LogP contribution in [-0.4, -0.2) is 10.2 Å². The van der Waals surface area contributed by atoms with Crippen LogP contribution in [0, 0.1) is 6.92 Å². The molecule has 0 aliphatic carbocycles. The molecule has 0 spiro atoms. The summed E-state index contributed by atoms with van der Waals surface area (Å²) in [5.41, 5.74) is 6.34. The molecule has 0 bridgehead atoms. The van der Waals surface area contributed by atoms with E-state index in [1.807, 2.05) is 0 Å². The van der Waals surface area contributed by atoms with Gasteiger partial charge in [0, 0.05) is 29.2 Å². The van der Waals surface area contributed by atoms with E-state index in [2.05, 4.69) is 15.5 Å². The second kappa shape index (κ2) is 4.83. The normalized spacial score (nSPS) is 11.6. The number of nitrogens with two attached hydrogens (primary N) is 1. The number of hydrogen-bond acceptors (Lipinski definition) is 3. The summed E-state index contributed by atoms with van der Waals surface area (Å²) in [6.07, 6.45) is -2.87. The Balaban J connectivity index is 2.23. The maximum absolute atomic E-state index is 12.9. The molecule has 7 heteroatoms. The molecule has 0 radical (unpaired) electrons. The highest BCUT2D eigenvalue weighted by molar-refractivity contribution is 5.59. The first-order valence-corrected chi connectivity index (χ1v) is 5.57. The smallest absolute Gasteiger partial charge is 0.399 e. The number of aryl methyl sites for hydroxylation is 1. The van der Waals surface area contributed by atoms with Crippen molar-refractivity contribution in [1.82, 2.24) is 10.2 Å². The Morgan fingerprint density at radius 1 is 1.37 bits per heavy atom. The Bertz CT molecular complexity index is 575. The van der Waals surface area contributed by atoms with Crippen LogP contribution in [0.3, 0.4) is 0 Å². The lowest BCUT2D eigenvalue weighted by molar-refractivity contribution is -0.136. The van der Waals surface area contributed by atoms with Crippen LogP contribution in [0.1, 0.15) is 16.8 Å². The second-order valence-corrected chi connectivity index (χ2v) is 4.18. The molecule has 0 saturated heterocycles. The van der Waals surface area contributed by atoms with Gasteiger partial charge in [-0.3, -0.25) is 5.10 Å². The molecule has 0 fully saturated rings. The zero-order chi connectivity index (χ0) is 14.0. The fourth-order valence-electron chi connectivity index (χ4n) is 1.69. The van der Waals surface area contributed by atoms with Gasteiger partial charge in [0.1, 0.15) is 0 Å². The number of H-pyrrole nitrogens is 1. The van der Waals surface area contributed by atoms with Crippen molar-refractivity contribution in [2.45, 2.75) is 19.6 Å². The first-order chi connectivity index (χ1) is 8.88. The van der Waals surface area contributed by atoms with E-state index >= 15 is 0 Å². The predicted octanol–water partition coefficient (Wildman–Crippen LogP) is 2.93. The molecule has 0 atom stereocenters. The number of halogens is 3. The molecule has 19 heavy (non-hydrogen) atoms. The molecule has 0 saturated carbocycles.